The fourth-order valence-corrected chi connectivity index (χ4v) is 1.46. The Bertz CT molecular complexity index is 291. The Morgan fingerprint density at radius 2 is 2.29 bits per heavy atom. The average Bonchev–Trinajstić information content (AvgIpc) is 2.21. The molecule has 0 amide bonds. The smallest absolute Gasteiger partial charge is 0.121 e. The molecule has 4 heteroatoms. The Labute approximate surface area is 92.2 Å². The summed E-state index contributed by atoms with van der Waals surface area (Å²) >= 11 is 3.43. The van der Waals surface area contributed by atoms with Gasteiger partial charge in [0.15, 0.2) is 0 Å². The van der Waals surface area contributed by atoms with Gasteiger partial charge in [0.1, 0.15) is 5.75 Å². The summed E-state index contributed by atoms with van der Waals surface area (Å²) in [5.41, 5.74) is 0.984. The zero-order chi connectivity index (χ0) is 10.4. The van der Waals surface area contributed by atoms with Crippen molar-refractivity contribution >= 4 is 21.6 Å². The van der Waals surface area contributed by atoms with Crippen molar-refractivity contribution in [1.82, 2.24) is 0 Å². The lowest BCUT2D eigenvalue weighted by Crippen LogP contribution is -2.04. The molecule has 0 aliphatic carbocycles. The first-order valence-electron chi connectivity index (χ1n) is 4.46. The van der Waals surface area contributed by atoms with Gasteiger partial charge in [0.2, 0.25) is 0 Å². The van der Waals surface area contributed by atoms with Gasteiger partial charge in [-0.15, -0.1) is 0 Å². The lowest BCUT2D eigenvalue weighted by atomic mass is 10.3. The molecular weight excluding hydrogens is 246 g/mol. The van der Waals surface area contributed by atoms with E-state index in [0.29, 0.717) is 0 Å². The van der Waals surface area contributed by atoms with Gasteiger partial charge in [-0.2, -0.15) is 0 Å². The zero-order valence-electron chi connectivity index (χ0n) is 8.09. The summed E-state index contributed by atoms with van der Waals surface area (Å²) < 4.78 is 6.10. The summed E-state index contributed by atoms with van der Waals surface area (Å²) in [6.07, 6.45) is 0.740. The van der Waals surface area contributed by atoms with E-state index in [2.05, 4.69) is 21.2 Å². The fourth-order valence-electron chi connectivity index (χ4n) is 1.07. The van der Waals surface area contributed by atoms with E-state index >= 15 is 0 Å². The van der Waals surface area contributed by atoms with Crippen LogP contribution in [0.5, 0.6) is 5.75 Å². The number of methoxy groups -OCH3 is 1. The number of rotatable bonds is 5. The molecule has 1 aromatic rings. The molecule has 0 saturated carbocycles. The molecule has 1 rings (SSSR count). The maximum absolute atomic E-state index is 8.64. The molecule has 0 heterocycles. The van der Waals surface area contributed by atoms with Crippen molar-refractivity contribution in [3.63, 3.8) is 0 Å². The van der Waals surface area contributed by atoms with Crippen LogP contribution < -0.4 is 10.1 Å². The molecule has 0 aliphatic heterocycles. The Kier molecular flexibility index (Phi) is 4.76. The van der Waals surface area contributed by atoms with Gasteiger partial charge in [0.25, 0.3) is 0 Å². The minimum Gasteiger partial charge on any atom is -0.497 e. The summed E-state index contributed by atoms with van der Waals surface area (Å²) in [4.78, 5) is 0. The van der Waals surface area contributed by atoms with Crippen molar-refractivity contribution in [2.24, 2.45) is 0 Å². The first-order chi connectivity index (χ1) is 6.77. The lowest BCUT2D eigenvalue weighted by Gasteiger charge is -2.09. The number of ether oxygens (including phenoxy) is 1. The van der Waals surface area contributed by atoms with E-state index in [9.17, 15) is 0 Å². The van der Waals surface area contributed by atoms with Crippen LogP contribution in [0.3, 0.4) is 0 Å². The zero-order valence-corrected chi connectivity index (χ0v) is 9.67. The lowest BCUT2D eigenvalue weighted by molar-refractivity contribution is 0.292. The average molecular weight is 260 g/mol. The van der Waals surface area contributed by atoms with Gasteiger partial charge in [-0.3, -0.25) is 0 Å². The third kappa shape index (κ3) is 3.20. The van der Waals surface area contributed by atoms with Crippen LogP contribution in [0.15, 0.2) is 22.7 Å². The first-order valence-corrected chi connectivity index (χ1v) is 5.25. The highest BCUT2D eigenvalue weighted by atomic mass is 79.9. The molecule has 0 atom stereocenters. The molecule has 0 aliphatic rings. The number of aliphatic hydroxyl groups excluding tert-OH is 1. The van der Waals surface area contributed by atoms with E-state index < -0.39 is 0 Å². The van der Waals surface area contributed by atoms with E-state index in [1.165, 1.54) is 0 Å². The summed E-state index contributed by atoms with van der Waals surface area (Å²) in [5.74, 6) is 0.819. The second-order valence-corrected chi connectivity index (χ2v) is 3.70. The molecule has 0 fully saturated rings. The van der Waals surface area contributed by atoms with Crippen molar-refractivity contribution < 1.29 is 9.84 Å². The highest BCUT2D eigenvalue weighted by Gasteiger charge is 2.00. The van der Waals surface area contributed by atoms with Crippen LogP contribution in [0, 0.1) is 0 Å². The Balaban J connectivity index is 2.64. The number of hydrogen-bond acceptors (Lipinski definition) is 3. The summed E-state index contributed by atoms with van der Waals surface area (Å²) in [6.45, 7) is 0.955. The number of benzene rings is 1. The van der Waals surface area contributed by atoms with Gasteiger partial charge in [0.05, 0.1) is 12.8 Å². The van der Waals surface area contributed by atoms with Crippen LogP contribution in [0.25, 0.3) is 0 Å². The molecule has 0 saturated heterocycles. The maximum Gasteiger partial charge on any atom is 0.121 e. The van der Waals surface area contributed by atoms with Crippen LogP contribution >= 0.6 is 15.9 Å². The number of aliphatic hydroxyl groups is 1. The van der Waals surface area contributed by atoms with E-state index in [0.717, 1.165) is 28.9 Å². The van der Waals surface area contributed by atoms with Crippen LogP contribution in [-0.4, -0.2) is 25.4 Å². The number of anilines is 1. The van der Waals surface area contributed by atoms with Crippen molar-refractivity contribution in [2.75, 3.05) is 25.6 Å². The molecule has 14 heavy (non-hydrogen) atoms. The molecule has 0 aromatic heterocycles. The van der Waals surface area contributed by atoms with Crippen molar-refractivity contribution in [1.29, 1.82) is 0 Å². The van der Waals surface area contributed by atoms with Gasteiger partial charge >= 0.3 is 0 Å². The van der Waals surface area contributed by atoms with Crippen LogP contribution in [0.4, 0.5) is 5.69 Å². The highest BCUT2D eigenvalue weighted by Crippen LogP contribution is 2.26. The van der Waals surface area contributed by atoms with Crippen molar-refractivity contribution in [3.05, 3.63) is 22.7 Å². The molecule has 0 unspecified atom stereocenters. The molecule has 0 bridgehead atoms. The second kappa shape index (κ2) is 5.88. The van der Waals surface area contributed by atoms with Crippen LogP contribution in [0.1, 0.15) is 6.42 Å². The summed E-state index contributed by atoms with van der Waals surface area (Å²) in [7, 11) is 1.64. The predicted octanol–water partition coefficient (Wildman–Crippen LogP) is 2.25. The van der Waals surface area contributed by atoms with E-state index in [1.807, 2.05) is 18.2 Å². The molecule has 1 aromatic carbocycles. The van der Waals surface area contributed by atoms with Gasteiger partial charge in [-0.05, 0) is 34.5 Å². The Morgan fingerprint density at radius 3 is 2.93 bits per heavy atom. The minimum atomic E-state index is 0.203. The van der Waals surface area contributed by atoms with Gasteiger partial charge in [0, 0.05) is 23.7 Å². The minimum absolute atomic E-state index is 0.203. The van der Waals surface area contributed by atoms with Crippen LogP contribution in [-0.2, 0) is 0 Å². The molecule has 78 valence electrons. The molecular formula is C10H14BrNO2. The highest BCUT2D eigenvalue weighted by molar-refractivity contribution is 9.10. The molecule has 0 radical (unpaired) electrons. The van der Waals surface area contributed by atoms with E-state index in [1.54, 1.807) is 7.11 Å². The molecule has 0 spiro atoms. The Morgan fingerprint density at radius 1 is 1.50 bits per heavy atom. The third-order valence-corrected chi connectivity index (χ3v) is 2.52. The van der Waals surface area contributed by atoms with E-state index in [4.69, 9.17) is 9.84 Å². The summed E-state index contributed by atoms with van der Waals surface area (Å²) in [5, 5.41) is 11.8. The summed E-state index contributed by atoms with van der Waals surface area (Å²) in [6, 6.07) is 5.74. The van der Waals surface area contributed by atoms with Gasteiger partial charge in [-0.1, -0.05) is 0 Å². The standard InChI is InChI=1S/C10H14BrNO2/c1-14-8-3-4-9(11)10(7-8)12-5-2-6-13/h3-4,7,12-13H,2,5-6H2,1H3. The maximum atomic E-state index is 8.64. The SMILES string of the molecule is COc1ccc(Br)c(NCCCO)c1. The molecule has 2 N–H and O–H groups in total. The first kappa shape index (κ1) is 11.3. The second-order valence-electron chi connectivity index (χ2n) is 2.85. The van der Waals surface area contributed by atoms with Gasteiger partial charge < -0.3 is 15.2 Å². The number of nitrogens with one attached hydrogen (secondary N) is 1. The van der Waals surface area contributed by atoms with Crippen molar-refractivity contribution in [3.8, 4) is 5.75 Å². The largest absolute Gasteiger partial charge is 0.497 e. The van der Waals surface area contributed by atoms with E-state index in [-0.39, 0.29) is 6.61 Å². The third-order valence-electron chi connectivity index (χ3n) is 1.82. The van der Waals surface area contributed by atoms with Crippen molar-refractivity contribution in [2.45, 2.75) is 6.42 Å². The molecule has 3 nitrogen and oxygen atoms in total. The monoisotopic (exact) mass is 259 g/mol. The number of halogens is 1. The fraction of sp³-hybridized carbons (Fsp3) is 0.400. The topological polar surface area (TPSA) is 41.5 Å². The normalized spacial score (nSPS) is 9.93. The number of hydrogen-bond donors (Lipinski definition) is 2. The van der Waals surface area contributed by atoms with Crippen LogP contribution in [0.2, 0.25) is 0 Å². The Hall–Kier alpha value is -0.740. The predicted molar refractivity (Wildman–Crippen MR) is 60.9 cm³/mol. The quantitative estimate of drug-likeness (QED) is 0.798. The van der Waals surface area contributed by atoms with Gasteiger partial charge in [-0.25, -0.2) is 0 Å².